The molecule has 0 spiro atoms. The van der Waals surface area contributed by atoms with E-state index < -0.39 is 28.5 Å². The number of amides is 2. The molecule has 0 aliphatic heterocycles. The van der Waals surface area contributed by atoms with E-state index in [1.165, 1.54) is 17.0 Å². The highest BCUT2D eigenvalue weighted by Crippen LogP contribution is 2.25. The van der Waals surface area contributed by atoms with E-state index in [9.17, 15) is 18.0 Å². The Morgan fingerprint density at radius 1 is 1.00 bits per heavy atom. The maximum atomic E-state index is 13.6. The first-order chi connectivity index (χ1) is 16.5. The Bertz CT molecular complexity index is 1130. The van der Waals surface area contributed by atoms with E-state index in [0.717, 1.165) is 23.4 Å². The minimum absolute atomic E-state index is 0.00671. The summed E-state index contributed by atoms with van der Waals surface area (Å²) in [4.78, 5) is 28.0. The summed E-state index contributed by atoms with van der Waals surface area (Å²) in [7, 11) is -3.82. The molecule has 0 saturated heterocycles. The van der Waals surface area contributed by atoms with E-state index in [2.05, 4.69) is 5.32 Å². The first kappa shape index (κ1) is 29.2. The van der Waals surface area contributed by atoms with Crippen molar-refractivity contribution in [2.75, 3.05) is 23.7 Å². The molecule has 11 heteroatoms. The second-order valence-electron chi connectivity index (χ2n) is 8.07. The van der Waals surface area contributed by atoms with Crippen molar-refractivity contribution in [3.8, 4) is 0 Å². The second kappa shape index (κ2) is 13.3. The highest BCUT2D eigenvalue weighted by atomic mass is 35.5. The molecule has 0 fully saturated rings. The standard InChI is InChI=1S/C24H30Cl3N3O4S/c1-4-6-13-28-24(32)22(5-2)29(15-17-7-8-19(26)14-21(17)27)23(31)16-30(35(3,33)34)20-11-9-18(25)10-12-20/h7-12,14,22H,4-6,13,15-16H2,1-3H3,(H,28,32). The zero-order valence-corrected chi connectivity index (χ0v) is 23.0. The maximum Gasteiger partial charge on any atom is 0.244 e. The first-order valence-electron chi connectivity index (χ1n) is 11.2. The summed E-state index contributed by atoms with van der Waals surface area (Å²) in [5, 5.41) is 4.08. The number of sulfonamides is 1. The van der Waals surface area contributed by atoms with Gasteiger partial charge < -0.3 is 10.2 Å². The summed E-state index contributed by atoms with van der Waals surface area (Å²) in [6, 6.07) is 10.2. The minimum Gasteiger partial charge on any atom is -0.354 e. The van der Waals surface area contributed by atoms with Crippen LogP contribution in [0.3, 0.4) is 0 Å². The Hall–Kier alpha value is -2.00. The lowest BCUT2D eigenvalue weighted by Gasteiger charge is -2.33. The monoisotopic (exact) mass is 561 g/mol. The number of nitrogens with zero attached hydrogens (tertiary/aromatic N) is 2. The molecule has 2 rings (SSSR count). The number of anilines is 1. The number of carbonyl (C=O) groups is 2. The first-order valence-corrected chi connectivity index (χ1v) is 14.2. The van der Waals surface area contributed by atoms with Gasteiger partial charge in [0, 0.05) is 28.2 Å². The predicted molar refractivity (Wildman–Crippen MR) is 143 cm³/mol. The lowest BCUT2D eigenvalue weighted by atomic mass is 10.1. The molecule has 2 aromatic carbocycles. The molecule has 0 radical (unpaired) electrons. The van der Waals surface area contributed by atoms with Gasteiger partial charge >= 0.3 is 0 Å². The third-order valence-corrected chi connectivity index (χ3v) is 7.34. The normalized spacial score (nSPS) is 12.2. The minimum atomic E-state index is -3.82. The lowest BCUT2D eigenvalue weighted by molar-refractivity contribution is -0.140. The molecular formula is C24H30Cl3N3O4S. The molecule has 35 heavy (non-hydrogen) atoms. The van der Waals surface area contributed by atoms with Crippen molar-refractivity contribution in [3.05, 3.63) is 63.1 Å². The fourth-order valence-corrected chi connectivity index (χ4v) is 4.92. The molecular weight excluding hydrogens is 533 g/mol. The Morgan fingerprint density at radius 3 is 2.17 bits per heavy atom. The van der Waals surface area contributed by atoms with Gasteiger partial charge in [0.25, 0.3) is 0 Å². The molecule has 0 bridgehead atoms. The van der Waals surface area contributed by atoms with Crippen molar-refractivity contribution in [1.29, 1.82) is 0 Å². The smallest absolute Gasteiger partial charge is 0.244 e. The van der Waals surface area contributed by atoms with Crippen LogP contribution in [0.4, 0.5) is 5.69 Å². The molecule has 2 amide bonds. The summed E-state index contributed by atoms with van der Waals surface area (Å²) in [6.07, 6.45) is 3.06. The molecule has 0 aromatic heterocycles. The third-order valence-electron chi connectivity index (χ3n) is 5.37. The van der Waals surface area contributed by atoms with Crippen molar-refractivity contribution in [3.63, 3.8) is 0 Å². The van der Waals surface area contributed by atoms with Crippen LogP contribution in [0.25, 0.3) is 0 Å². The van der Waals surface area contributed by atoms with Crippen LogP contribution in [0.15, 0.2) is 42.5 Å². The number of unbranched alkanes of at least 4 members (excludes halogenated alkanes) is 1. The van der Waals surface area contributed by atoms with Crippen LogP contribution < -0.4 is 9.62 Å². The van der Waals surface area contributed by atoms with Gasteiger partial charge in [0.1, 0.15) is 12.6 Å². The fraction of sp³-hybridized carbons (Fsp3) is 0.417. The van der Waals surface area contributed by atoms with Crippen molar-refractivity contribution < 1.29 is 18.0 Å². The van der Waals surface area contributed by atoms with Crippen molar-refractivity contribution in [2.24, 2.45) is 0 Å². The van der Waals surface area contributed by atoms with Crippen LogP contribution >= 0.6 is 34.8 Å². The number of halogens is 3. The number of carbonyl (C=O) groups excluding carboxylic acids is 2. The van der Waals surface area contributed by atoms with Crippen molar-refractivity contribution in [2.45, 2.75) is 45.7 Å². The van der Waals surface area contributed by atoms with Crippen molar-refractivity contribution >= 4 is 62.3 Å². The van der Waals surface area contributed by atoms with Gasteiger partial charge in [0.15, 0.2) is 0 Å². The number of rotatable bonds is 12. The van der Waals surface area contributed by atoms with Gasteiger partial charge in [-0.2, -0.15) is 0 Å². The number of hydrogen-bond donors (Lipinski definition) is 1. The molecule has 1 N–H and O–H groups in total. The van der Waals surface area contributed by atoms with Crippen molar-refractivity contribution in [1.82, 2.24) is 10.2 Å². The number of nitrogens with one attached hydrogen (secondary N) is 1. The van der Waals surface area contributed by atoms with Crippen LogP contribution in [0.1, 0.15) is 38.7 Å². The van der Waals surface area contributed by atoms with Gasteiger partial charge in [-0.3, -0.25) is 13.9 Å². The van der Waals surface area contributed by atoms with Gasteiger partial charge in [-0.25, -0.2) is 8.42 Å². The summed E-state index contributed by atoms with van der Waals surface area (Å²) >= 11 is 18.3. The number of hydrogen-bond acceptors (Lipinski definition) is 4. The average molecular weight is 563 g/mol. The van der Waals surface area contributed by atoms with Gasteiger partial charge in [-0.05, 0) is 54.8 Å². The largest absolute Gasteiger partial charge is 0.354 e. The summed E-state index contributed by atoms with van der Waals surface area (Å²) in [6.45, 7) is 3.80. The van der Waals surface area contributed by atoms with E-state index in [-0.39, 0.29) is 18.1 Å². The molecule has 0 aliphatic rings. The predicted octanol–water partition coefficient (Wildman–Crippen LogP) is 5.14. The lowest BCUT2D eigenvalue weighted by Crippen LogP contribution is -2.52. The molecule has 1 atom stereocenters. The van der Waals surface area contributed by atoms with E-state index in [1.807, 2.05) is 6.92 Å². The summed E-state index contributed by atoms with van der Waals surface area (Å²) in [5.41, 5.74) is 0.872. The van der Waals surface area contributed by atoms with Gasteiger partial charge in [-0.1, -0.05) is 61.1 Å². The van der Waals surface area contributed by atoms with Crippen LogP contribution in [0.2, 0.25) is 15.1 Å². The van der Waals surface area contributed by atoms with Crippen LogP contribution in [-0.2, 0) is 26.2 Å². The molecule has 2 aromatic rings. The summed E-state index contributed by atoms with van der Waals surface area (Å²) < 4.78 is 26.1. The maximum absolute atomic E-state index is 13.6. The van der Waals surface area contributed by atoms with Gasteiger partial charge in [0.2, 0.25) is 21.8 Å². The zero-order chi connectivity index (χ0) is 26.2. The number of benzene rings is 2. The molecule has 0 saturated carbocycles. The molecule has 192 valence electrons. The molecule has 0 heterocycles. The molecule has 1 unspecified atom stereocenters. The third kappa shape index (κ3) is 8.56. The topological polar surface area (TPSA) is 86.8 Å². The average Bonchev–Trinajstić information content (AvgIpc) is 2.78. The second-order valence-corrected chi connectivity index (χ2v) is 11.3. The highest BCUT2D eigenvalue weighted by molar-refractivity contribution is 7.92. The van der Waals surface area contributed by atoms with Crippen LogP contribution in [0, 0.1) is 0 Å². The van der Waals surface area contributed by atoms with E-state index >= 15 is 0 Å². The van der Waals surface area contributed by atoms with E-state index in [4.69, 9.17) is 34.8 Å². The molecule has 7 nitrogen and oxygen atoms in total. The Labute approximate surface area is 222 Å². The zero-order valence-electron chi connectivity index (χ0n) is 19.9. The molecule has 0 aliphatic carbocycles. The van der Waals surface area contributed by atoms with E-state index in [0.29, 0.717) is 33.6 Å². The van der Waals surface area contributed by atoms with Crippen LogP contribution in [0.5, 0.6) is 0 Å². The van der Waals surface area contributed by atoms with Gasteiger partial charge in [-0.15, -0.1) is 0 Å². The quantitative estimate of drug-likeness (QED) is 0.363. The SMILES string of the molecule is CCCCNC(=O)C(CC)N(Cc1ccc(Cl)cc1Cl)C(=O)CN(c1ccc(Cl)cc1)S(C)(=O)=O. The Morgan fingerprint density at radius 2 is 1.63 bits per heavy atom. The Balaban J connectivity index is 2.43. The van der Waals surface area contributed by atoms with Crippen LogP contribution in [-0.4, -0.2) is 50.5 Å². The fourth-order valence-electron chi connectivity index (χ4n) is 3.48. The highest BCUT2D eigenvalue weighted by Gasteiger charge is 2.32. The Kier molecular flexibility index (Phi) is 11.1. The van der Waals surface area contributed by atoms with E-state index in [1.54, 1.807) is 37.3 Å². The summed E-state index contributed by atoms with van der Waals surface area (Å²) in [5.74, 6) is -0.856. The van der Waals surface area contributed by atoms with Gasteiger partial charge in [0.05, 0.1) is 11.9 Å².